The van der Waals surface area contributed by atoms with Crippen molar-refractivity contribution in [1.82, 2.24) is 15.0 Å². The van der Waals surface area contributed by atoms with E-state index in [4.69, 9.17) is 0 Å². The highest BCUT2D eigenvalue weighted by atomic mass is 32.1. The van der Waals surface area contributed by atoms with Crippen LogP contribution in [0.15, 0.2) is 17.8 Å². The minimum absolute atomic E-state index is 0.430. The van der Waals surface area contributed by atoms with Gasteiger partial charge in [-0.25, -0.2) is 19.3 Å². The van der Waals surface area contributed by atoms with Gasteiger partial charge in [-0.15, -0.1) is 11.3 Å². The molecule has 16 heavy (non-hydrogen) atoms. The van der Waals surface area contributed by atoms with E-state index in [1.165, 1.54) is 0 Å². The van der Waals surface area contributed by atoms with E-state index in [1.54, 1.807) is 11.3 Å². The van der Waals surface area contributed by atoms with Crippen LogP contribution in [0.1, 0.15) is 10.7 Å². The van der Waals surface area contributed by atoms with Crippen LogP contribution in [0.25, 0.3) is 0 Å². The summed E-state index contributed by atoms with van der Waals surface area (Å²) in [5.74, 6) is 0.00998. The maximum Gasteiger partial charge on any atom is 0.222 e. The molecule has 0 atom stereocenters. The van der Waals surface area contributed by atoms with Crippen molar-refractivity contribution in [2.75, 3.05) is 11.9 Å². The Labute approximate surface area is 96.6 Å². The predicted octanol–water partition coefficient (Wildman–Crippen LogP) is 2.04. The van der Waals surface area contributed by atoms with Gasteiger partial charge in [-0.2, -0.15) is 0 Å². The molecule has 6 heteroatoms. The zero-order chi connectivity index (χ0) is 11.4. The van der Waals surface area contributed by atoms with E-state index in [9.17, 15) is 4.39 Å². The van der Waals surface area contributed by atoms with Crippen LogP contribution in [0, 0.1) is 12.7 Å². The molecule has 2 aromatic rings. The van der Waals surface area contributed by atoms with Crippen LogP contribution in [0.4, 0.5) is 10.3 Å². The van der Waals surface area contributed by atoms with Crippen LogP contribution in [0.3, 0.4) is 0 Å². The first-order valence-corrected chi connectivity index (χ1v) is 5.74. The van der Waals surface area contributed by atoms with Crippen LogP contribution in [-0.2, 0) is 6.42 Å². The molecule has 0 aliphatic rings. The van der Waals surface area contributed by atoms with E-state index >= 15 is 0 Å². The number of halogens is 1. The first-order valence-electron chi connectivity index (χ1n) is 4.86. The van der Waals surface area contributed by atoms with Crippen molar-refractivity contribution in [3.63, 3.8) is 0 Å². The molecule has 0 spiro atoms. The molecule has 0 aromatic carbocycles. The highest BCUT2D eigenvalue weighted by Crippen LogP contribution is 2.09. The van der Waals surface area contributed by atoms with Gasteiger partial charge >= 0.3 is 0 Å². The fraction of sp³-hybridized carbons (Fsp3) is 0.300. The lowest BCUT2D eigenvalue weighted by atomic mass is 10.4. The van der Waals surface area contributed by atoms with Crippen molar-refractivity contribution in [3.8, 4) is 0 Å². The van der Waals surface area contributed by atoms with E-state index in [0.29, 0.717) is 12.5 Å². The van der Waals surface area contributed by atoms with Crippen molar-refractivity contribution in [2.24, 2.45) is 0 Å². The second-order valence-electron chi connectivity index (χ2n) is 3.28. The minimum Gasteiger partial charge on any atom is -0.354 e. The lowest BCUT2D eigenvalue weighted by Gasteiger charge is -2.01. The molecule has 1 N–H and O–H groups in total. The molecule has 0 radical (unpaired) electrons. The van der Waals surface area contributed by atoms with Crippen LogP contribution >= 0.6 is 11.3 Å². The van der Waals surface area contributed by atoms with Crippen molar-refractivity contribution < 1.29 is 4.39 Å². The van der Waals surface area contributed by atoms with Gasteiger partial charge in [0.15, 0.2) is 5.82 Å². The van der Waals surface area contributed by atoms with Gasteiger partial charge < -0.3 is 5.32 Å². The second-order valence-corrected chi connectivity index (χ2v) is 4.23. The molecule has 0 aliphatic heterocycles. The van der Waals surface area contributed by atoms with Crippen LogP contribution < -0.4 is 5.32 Å². The molecule has 0 bridgehead atoms. The summed E-state index contributed by atoms with van der Waals surface area (Å²) in [6.45, 7) is 2.66. The first-order chi connectivity index (χ1) is 7.74. The van der Waals surface area contributed by atoms with E-state index in [2.05, 4.69) is 20.3 Å². The van der Waals surface area contributed by atoms with Gasteiger partial charge in [-0.1, -0.05) is 0 Å². The maximum absolute atomic E-state index is 12.5. The van der Waals surface area contributed by atoms with E-state index in [0.717, 1.165) is 29.5 Å². The monoisotopic (exact) mass is 238 g/mol. The molecule has 2 heterocycles. The fourth-order valence-corrected chi connectivity index (χ4v) is 1.98. The van der Waals surface area contributed by atoms with E-state index in [-0.39, 0.29) is 0 Å². The third kappa shape index (κ3) is 2.96. The Kier molecular flexibility index (Phi) is 3.40. The summed E-state index contributed by atoms with van der Waals surface area (Å²) in [5.41, 5.74) is 1.04. The Balaban J connectivity index is 1.82. The quantitative estimate of drug-likeness (QED) is 0.885. The lowest BCUT2D eigenvalue weighted by molar-refractivity contribution is 0.614. The highest BCUT2D eigenvalue weighted by molar-refractivity contribution is 7.09. The molecule has 0 saturated heterocycles. The standard InChI is InChI=1S/C10H11FN4S/c1-7-6-16-9(15-7)2-3-12-10-13-4-8(11)5-14-10/h4-6H,2-3H2,1H3,(H,12,13,14). The molecule has 2 rings (SSSR count). The van der Waals surface area contributed by atoms with Gasteiger partial charge in [0.2, 0.25) is 5.95 Å². The van der Waals surface area contributed by atoms with Crippen LogP contribution in [0.5, 0.6) is 0 Å². The molecule has 4 nitrogen and oxygen atoms in total. The Morgan fingerprint density at radius 2 is 2.12 bits per heavy atom. The number of hydrogen-bond donors (Lipinski definition) is 1. The molecule has 0 unspecified atom stereocenters. The Bertz CT molecular complexity index is 454. The van der Waals surface area contributed by atoms with Crippen molar-refractivity contribution in [1.29, 1.82) is 0 Å². The van der Waals surface area contributed by atoms with Gasteiger partial charge in [0.05, 0.1) is 17.4 Å². The summed E-state index contributed by atoms with van der Waals surface area (Å²) in [7, 11) is 0. The van der Waals surface area contributed by atoms with Crippen LogP contribution in [0.2, 0.25) is 0 Å². The van der Waals surface area contributed by atoms with Crippen molar-refractivity contribution >= 4 is 17.3 Å². The number of thiazole rings is 1. The molecular weight excluding hydrogens is 227 g/mol. The van der Waals surface area contributed by atoms with Gasteiger partial charge in [0, 0.05) is 24.0 Å². The van der Waals surface area contributed by atoms with Crippen molar-refractivity contribution in [2.45, 2.75) is 13.3 Å². The largest absolute Gasteiger partial charge is 0.354 e. The number of aryl methyl sites for hydroxylation is 1. The summed E-state index contributed by atoms with van der Waals surface area (Å²) in [4.78, 5) is 11.9. The number of aromatic nitrogens is 3. The number of nitrogens with zero attached hydrogens (tertiary/aromatic N) is 3. The molecule has 0 saturated carbocycles. The van der Waals surface area contributed by atoms with Gasteiger partial charge in [-0.05, 0) is 6.92 Å². The fourth-order valence-electron chi connectivity index (χ4n) is 1.20. The topological polar surface area (TPSA) is 50.7 Å². The number of hydrogen-bond acceptors (Lipinski definition) is 5. The van der Waals surface area contributed by atoms with Gasteiger partial charge in [-0.3, -0.25) is 0 Å². The average molecular weight is 238 g/mol. The van der Waals surface area contributed by atoms with Crippen molar-refractivity contribution in [3.05, 3.63) is 34.3 Å². The van der Waals surface area contributed by atoms with Gasteiger partial charge in [0.25, 0.3) is 0 Å². The summed E-state index contributed by atoms with van der Waals surface area (Å²) in [6.07, 6.45) is 3.10. The zero-order valence-electron chi connectivity index (χ0n) is 8.77. The molecule has 0 aliphatic carbocycles. The number of anilines is 1. The first kappa shape index (κ1) is 10.9. The normalized spacial score (nSPS) is 10.4. The third-order valence-corrected chi connectivity index (χ3v) is 2.94. The minimum atomic E-state index is -0.430. The SMILES string of the molecule is Cc1csc(CCNc2ncc(F)cn2)n1. The highest BCUT2D eigenvalue weighted by Gasteiger charge is 1.99. The smallest absolute Gasteiger partial charge is 0.222 e. The number of rotatable bonds is 4. The third-order valence-electron chi connectivity index (χ3n) is 1.91. The number of nitrogens with one attached hydrogen (secondary N) is 1. The summed E-state index contributed by atoms with van der Waals surface area (Å²) < 4.78 is 12.5. The summed E-state index contributed by atoms with van der Waals surface area (Å²) in [6, 6.07) is 0. The molecule has 2 aromatic heterocycles. The molecule has 0 fully saturated rings. The van der Waals surface area contributed by atoms with E-state index < -0.39 is 5.82 Å². The maximum atomic E-state index is 12.5. The summed E-state index contributed by atoms with van der Waals surface area (Å²) >= 11 is 1.64. The lowest BCUT2D eigenvalue weighted by Crippen LogP contribution is -2.07. The second kappa shape index (κ2) is 4.98. The molecule has 0 amide bonds. The van der Waals surface area contributed by atoms with E-state index in [1.807, 2.05) is 12.3 Å². The Hall–Kier alpha value is -1.56. The Morgan fingerprint density at radius 3 is 2.75 bits per heavy atom. The predicted molar refractivity (Wildman–Crippen MR) is 61.0 cm³/mol. The Morgan fingerprint density at radius 1 is 1.38 bits per heavy atom. The average Bonchev–Trinajstić information content (AvgIpc) is 2.67. The zero-order valence-corrected chi connectivity index (χ0v) is 9.59. The molecule has 84 valence electrons. The van der Waals surface area contributed by atoms with Crippen LogP contribution in [-0.4, -0.2) is 21.5 Å². The van der Waals surface area contributed by atoms with Gasteiger partial charge in [0.1, 0.15) is 0 Å². The summed E-state index contributed by atoms with van der Waals surface area (Å²) in [5, 5.41) is 6.10. The molecular formula is C10H11FN4S.